The molecule has 6 nitrogen and oxygen atoms in total. The van der Waals surface area contributed by atoms with Crippen molar-refractivity contribution in [2.75, 3.05) is 46.4 Å². The molecule has 1 heterocycles. The van der Waals surface area contributed by atoms with Crippen molar-refractivity contribution in [2.24, 2.45) is 0 Å². The topological polar surface area (TPSA) is 70.1 Å². The van der Waals surface area contributed by atoms with Gasteiger partial charge in [0, 0.05) is 19.6 Å². The number of hydrogen-bond acceptors (Lipinski definition) is 5. The van der Waals surface area contributed by atoms with Crippen molar-refractivity contribution < 1.29 is 18.3 Å². The fourth-order valence-corrected chi connectivity index (χ4v) is 3.75. The van der Waals surface area contributed by atoms with Gasteiger partial charge in [-0.2, -0.15) is 4.31 Å². The molecular formula is C14H22N2O4S. The van der Waals surface area contributed by atoms with Crippen molar-refractivity contribution in [1.29, 1.82) is 0 Å². The summed E-state index contributed by atoms with van der Waals surface area (Å²) in [5, 5.41) is 8.70. The molecule has 21 heavy (non-hydrogen) atoms. The van der Waals surface area contributed by atoms with Crippen LogP contribution in [0.4, 0.5) is 0 Å². The lowest BCUT2D eigenvalue weighted by Crippen LogP contribution is -2.34. The molecule has 1 aromatic rings. The SMILES string of the molecule is CN1CCCN(S(=O)(=O)c2ccc(OCCO)cc2)CC1. The van der Waals surface area contributed by atoms with Crippen LogP contribution < -0.4 is 4.74 Å². The monoisotopic (exact) mass is 314 g/mol. The number of rotatable bonds is 5. The molecule has 118 valence electrons. The lowest BCUT2D eigenvalue weighted by atomic mass is 10.3. The fourth-order valence-electron chi connectivity index (χ4n) is 2.28. The van der Waals surface area contributed by atoms with Gasteiger partial charge in [-0.25, -0.2) is 8.42 Å². The van der Waals surface area contributed by atoms with Gasteiger partial charge in [0.1, 0.15) is 12.4 Å². The van der Waals surface area contributed by atoms with E-state index in [1.807, 2.05) is 7.05 Å². The van der Waals surface area contributed by atoms with E-state index in [2.05, 4.69) is 4.90 Å². The summed E-state index contributed by atoms with van der Waals surface area (Å²) in [5.41, 5.74) is 0. The Balaban J connectivity index is 2.11. The molecule has 0 aliphatic carbocycles. The van der Waals surface area contributed by atoms with Crippen LogP contribution in [0.2, 0.25) is 0 Å². The summed E-state index contributed by atoms with van der Waals surface area (Å²) in [5.74, 6) is 0.554. The Kier molecular flexibility index (Phi) is 5.58. The molecule has 7 heteroatoms. The summed E-state index contributed by atoms with van der Waals surface area (Å²) in [6, 6.07) is 6.34. The quantitative estimate of drug-likeness (QED) is 0.851. The van der Waals surface area contributed by atoms with E-state index in [-0.39, 0.29) is 18.1 Å². The molecular weight excluding hydrogens is 292 g/mol. The van der Waals surface area contributed by atoms with Crippen LogP contribution in [0, 0.1) is 0 Å². The maximum Gasteiger partial charge on any atom is 0.243 e. The van der Waals surface area contributed by atoms with E-state index < -0.39 is 10.0 Å². The van der Waals surface area contributed by atoms with E-state index in [0.29, 0.717) is 18.8 Å². The molecule has 0 aromatic heterocycles. The normalized spacial score (nSPS) is 18.4. The van der Waals surface area contributed by atoms with Crippen molar-refractivity contribution in [1.82, 2.24) is 9.21 Å². The first-order chi connectivity index (χ1) is 10.0. The Labute approximate surface area is 126 Å². The van der Waals surface area contributed by atoms with Crippen LogP contribution in [0.15, 0.2) is 29.2 Å². The Morgan fingerprint density at radius 3 is 2.52 bits per heavy atom. The highest BCUT2D eigenvalue weighted by atomic mass is 32.2. The first kappa shape index (κ1) is 16.2. The lowest BCUT2D eigenvalue weighted by molar-refractivity contribution is 0.201. The molecule has 0 atom stereocenters. The second-order valence-electron chi connectivity index (χ2n) is 5.10. The van der Waals surface area contributed by atoms with Crippen molar-refractivity contribution in [3.05, 3.63) is 24.3 Å². The molecule has 1 N–H and O–H groups in total. The standard InChI is InChI=1S/C14H22N2O4S/c1-15-7-2-8-16(10-9-15)21(18,19)14-5-3-13(4-6-14)20-12-11-17/h3-6,17H,2,7-12H2,1H3. The van der Waals surface area contributed by atoms with E-state index in [1.165, 1.54) is 0 Å². The highest BCUT2D eigenvalue weighted by Gasteiger charge is 2.25. The molecule has 0 spiro atoms. The second-order valence-corrected chi connectivity index (χ2v) is 7.04. The second kappa shape index (κ2) is 7.22. The van der Waals surface area contributed by atoms with E-state index >= 15 is 0 Å². The highest BCUT2D eigenvalue weighted by molar-refractivity contribution is 7.89. The predicted molar refractivity (Wildman–Crippen MR) is 79.9 cm³/mol. The molecule has 0 saturated carbocycles. The van der Waals surface area contributed by atoms with Crippen molar-refractivity contribution in [3.8, 4) is 5.75 Å². The van der Waals surface area contributed by atoms with Gasteiger partial charge in [-0.3, -0.25) is 0 Å². The third-order valence-electron chi connectivity index (χ3n) is 3.50. The van der Waals surface area contributed by atoms with Gasteiger partial charge in [0.25, 0.3) is 0 Å². The molecule has 0 unspecified atom stereocenters. The summed E-state index contributed by atoms with van der Waals surface area (Å²) in [6.45, 7) is 2.86. The average Bonchev–Trinajstić information content (AvgIpc) is 2.70. The average molecular weight is 314 g/mol. The zero-order valence-electron chi connectivity index (χ0n) is 12.2. The van der Waals surface area contributed by atoms with Crippen LogP contribution in [0.3, 0.4) is 0 Å². The van der Waals surface area contributed by atoms with Crippen molar-refractivity contribution in [3.63, 3.8) is 0 Å². The Morgan fingerprint density at radius 1 is 1.14 bits per heavy atom. The number of aliphatic hydroxyl groups is 1. The van der Waals surface area contributed by atoms with E-state index in [9.17, 15) is 8.42 Å². The van der Waals surface area contributed by atoms with Crippen LogP contribution in [0.25, 0.3) is 0 Å². The van der Waals surface area contributed by atoms with Gasteiger partial charge in [0.05, 0.1) is 11.5 Å². The number of ether oxygens (including phenoxy) is 1. The van der Waals surface area contributed by atoms with Gasteiger partial charge < -0.3 is 14.7 Å². The van der Waals surface area contributed by atoms with Crippen LogP contribution >= 0.6 is 0 Å². The number of hydrogen-bond donors (Lipinski definition) is 1. The molecule has 1 aliphatic heterocycles. The first-order valence-corrected chi connectivity index (χ1v) is 8.50. The molecule has 1 saturated heterocycles. The highest BCUT2D eigenvalue weighted by Crippen LogP contribution is 2.20. The molecule has 2 rings (SSSR count). The molecule has 1 aliphatic rings. The molecule has 0 bridgehead atoms. The summed E-state index contributed by atoms with van der Waals surface area (Å²) in [4.78, 5) is 2.42. The van der Waals surface area contributed by atoms with Crippen LogP contribution in [0.1, 0.15) is 6.42 Å². The third-order valence-corrected chi connectivity index (χ3v) is 5.41. The summed E-state index contributed by atoms with van der Waals surface area (Å²) in [7, 11) is -1.44. The van der Waals surface area contributed by atoms with Gasteiger partial charge >= 0.3 is 0 Å². The van der Waals surface area contributed by atoms with Crippen LogP contribution in [0.5, 0.6) is 5.75 Å². The van der Waals surface area contributed by atoms with Crippen LogP contribution in [-0.4, -0.2) is 69.2 Å². The molecule has 1 fully saturated rings. The summed E-state index contributed by atoms with van der Waals surface area (Å²) >= 11 is 0. The summed E-state index contributed by atoms with van der Waals surface area (Å²) < 4.78 is 32.0. The number of likely N-dealkylation sites (N-methyl/N-ethyl adjacent to an activating group) is 1. The Bertz CT molecular complexity index is 545. The zero-order chi connectivity index (χ0) is 15.3. The smallest absolute Gasteiger partial charge is 0.243 e. The van der Waals surface area contributed by atoms with E-state index in [4.69, 9.17) is 9.84 Å². The molecule has 1 aromatic carbocycles. The predicted octanol–water partition coefficient (Wildman–Crippen LogP) is 0.384. The van der Waals surface area contributed by atoms with Crippen LogP contribution in [-0.2, 0) is 10.0 Å². The van der Waals surface area contributed by atoms with Gasteiger partial charge in [-0.05, 0) is 44.3 Å². The number of benzene rings is 1. The zero-order valence-corrected chi connectivity index (χ0v) is 13.1. The van der Waals surface area contributed by atoms with Gasteiger partial charge in [-0.15, -0.1) is 0 Å². The molecule has 0 radical (unpaired) electrons. The third kappa shape index (κ3) is 4.16. The largest absolute Gasteiger partial charge is 0.491 e. The van der Waals surface area contributed by atoms with Crippen molar-refractivity contribution >= 4 is 10.0 Å². The van der Waals surface area contributed by atoms with E-state index in [0.717, 1.165) is 19.5 Å². The fraction of sp³-hybridized carbons (Fsp3) is 0.571. The molecule has 0 amide bonds. The van der Waals surface area contributed by atoms with Gasteiger partial charge in [0.15, 0.2) is 0 Å². The maximum atomic E-state index is 12.6. The first-order valence-electron chi connectivity index (χ1n) is 7.06. The van der Waals surface area contributed by atoms with E-state index in [1.54, 1.807) is 28.6 Å². The Morgan fingerprint density at radius 2 is 1.86 bits per heavy atom. The van der Waals surface area contributed by atoms with Gasteiger partial charge in [-0.1, -0.05) is 0 Å². The Hall–Kier alpha value is -1.15. The summed E-state index contributed by atoms with van der Waals surface area (Å²) in [6.07, 6.45) is 0.841. The lowest BCUT2D eigenvalue weighted by Gasteiger charge is -2.20. The number of sulfonamides is 1. The van der Waals surface area contributed by atoms with Crippen molar-refractivity contribution in [2.45, 2.75) is 11.3 Å². The number of nitrogens with zero attached hydrogens (tertiary/aromatic N) is 2. The van der Waals surface area contributed by atoms with Gasteiger partial charge in [0.2, 0.25) is 10.0 Å². The minimum Gasteiger partial charge on any atom is -0.491 e. The number of aliphatic hydroxyl groups excluding tert-OH is 1. The minimum absolute atomic E-state index is 0.0681. The maximum absolute atomic E-state index is 12.6. The minimum atomic E-state index is -3.44.